The molecule has 5 nitrogen and oxygen atoms in total. The molecule has 28 heavy (non-hydrogen) atoms. The van der Waals surface area contributed by atoms with Crippen LogP contribution in [0.25, 0.3) is 10.9 Å². The lowest BCUT2D eigenvalue weighted by Crippen LogP contribution is -2.25. The number of hydrogen-bond donors (Lipinski definition) is 2. The van der Waals surface area contributed by atoms with Crippen LogP contribution in [0.4, 0.5) is 5.69 Å². The number of hydrogen-bond acceptors (Lipinski definition) is 3. The molecule has 1 aliphatic carbocycles. The van der Waals surface area contributed by atoms with Gasteiger partial charge in [-0.2, -0.15) is 0 Å². The minimum atomic E-state index is -0.264. The average molecular weight is 394 g/mol. The highest BCUT2D eigenvalue weighted by atomic mass is 35.5. The summed E-state index contributed by atoms with van der Waals surface area (Å²) in [6.07, 6.45) is 2.02. The summed E-state index contributed by atoms with van der Waals surface area (Å²) >= 11 is 6.26. The van der Waals surface area contributed by atoms with Crippen LogP contribution >= 0.6 is 11.6 Å². The molecule has 142 valence electrons. The number of amides is 2. The summed E-state index contributed by atoms with van der Waals surface area (Å²) in [5.74, 6) is -0.449. The highest BCUT2D eigenvalue weighted by Crippen LogP contribution is 2.25. The molecule has 0 radical (unpaired) electrons. The highest BCUT2D eigenvalue weighted by Gasteiger charge is 2.24. The summed E-state index contributed by atoms with van der Waals surface area (Å²) in [5, 5.41) is 6.97. The van der Waals surface area contributed by atoms with Crippen molar-refractivity contribution in [2.45, 2.75) is 32.7 Å². The molecular weight excluding hydrogens is 374 g/mol. The summed E-state index contributed by atoms with van der Waals surface area (Å²) in [5.41, 5.74) is 4.06. The Hall–Kier alpha value is -2.92. The fourth-order valence-electron chi connectivity index (χ4n) is 3.09. The number of nitrogens with one attached hydrogen (secondary N) is 2. The molecule has 2 N–H and O–H groups in total. The lowest BCUT2D eigenvalue weighted by molar-refractivity contribution is 0.0950. The number of aromatic nitrogens is 1. The molecule has 0 saturated heterocycles. The maximum Gasteiger partial charge on any atom is 0.257 e. The van der Waals surface area contributed by atoms with Crippen molar-refractivity contribution in [3.05, 3.63) is 69.9 Å². The number of halogens is 1. The predicted molar refractivity (Wildman–Crippen MR) is 111 cm³/mol. The zero-order chi connectivity index (χ0) is 19.8. The number of carbonyl (C=O) groups is 2. The molecule has 1 aromatic heterocycles. The van der Waals surface area contributed by atoms with Crippen molar-refractivity contribution in [2.75, 3.05) is 5.32 Å². The van der Waals surface area contributed by atoms with E-state index >= 15 is 0 Å². The van der Waals surface area contributed by atoms with Gasteiger partial charge in [-0.05, 0) is 63.1 Å². The Bertz CT molecular complexity index is 1110. The van der Waals surface area contributed by atoms with Gasteiger partial charge in [-0.25, -0.2) is 0 Å². The second-order valence-electron chi connectivity index (χ2n) is 7.21. The third-order valence-corrected chi connectivity index (χ3v) is 5.10. The van der Waals surface area contributed by atoms with E-state index in [4.69, 9.17) is 11.6 Å². The Labute approximate surface area is 168 Å². The van der Waals surface area contributed by atoms with Gasteiger partial charge in [0.2, 0.25) is 0 Å². The summed E-state index contributed by atoms with van der Waals surface area (Å²) in [6, 6.07) is 13.0. The van der Waals surface area contributed by atoms with E-state index in [9.17, 15) is 9.59 Å². The van der Waals surface area contributed by atoms with Gasteiger partial charge in [-0.3, -0.25) is 14.6 Å². The molecular formula is C22H20ClN3O2. The van der Waals surface area contributed by atoms with E-state index in [0.717, 1.165) is 29.3 Å². The second-order valence-corrected chi connectivity index (χ2v) is 7.62. The summed E-state index contributed by atoms with van der Waals surface area (Å²) in [4.78, 5) is 29.5. The summed E-state index contributed by atoms with van der Waals surface area (Å²) < 4.78 is 0. The number of fused-ring (bicyclic) bond motifs is 1. The zero-order valence-corrected chi connectivity index (χ0v) is 16.4. The monoisotopic (exact) mass is 393 g/mol. The lowest BCUT2D eigenvalue weighted by Gasteiger charge is -2.11. The van der Waals surface area contributed by atoms with Crippen LogP contribution in [0.3, 0.4) is 0 Å². The van der Waals surface area contributed by atoms with E-state index in [-0.39, 0.29) is 17.9 Å². The van der Waals surface area contributed by atoms with E-state index < -0.39 is 0 Å². The fourth-order valence-corrected chi connectivity index (χ4v) is 3.35. The van der Waals surface area contributed by atoms with E-state index in [0.29, 0.717) is 27.5 Å². The molecule has 1 aliphatic rings. The summed E-state index contributed by atoms with van der Waals surface area (Å²) in [7, 11) is 0. The van der Waals surface area contributed by atoms with Crippen LogP contribution in [0, 0.1) is 13.8 Å². The quantitative estimate of drug-likeness (QED) is 0.677. The minimum absolute atomic E-state index is 0.185. The number of nitrogens with zero attached hydrogens (tertiary/aromatic N) is 1. The number of benzene rings is 2. The van der Waals surface area contributed by atoms with Crippen molar-refractivity contribution in [3.8, 4) is 0 Å². The molecule has 0 atom stereocenters. The molecule has 2 aromatic carbocycles. The van der Waals surface area contributed by atoms with E-state index in [2.05, 4.69) is 15.6 Å². The van der Waals surface area contributed by atoms with Crippen LogP contribution < -0.4 is 10.6 Å². The van der Waals surface area contributed by atoms with Crippen LogP contribution in [-0.4, -0.2) is 22.8 Å². The molecule has 0 unspecified atom stereocenters. The average Bonchev–Trinajstić information content (AvgIpc) is 3.45. The number of anilines is 1. The third-order valence-electron chi connectivity index (χ3n) is 4.79. The maximum absolute atomic E-state index is 12.8. The molecule has 1 saturated carbocycles. The molecule has 0 bridgehead atoms. The van der Waals surface area contributed by atoms with Crippen LogP contribution in [0.5, 0.6) is 0 Å². The molecule has 6 heteroatoms. The first kappa shape index (κ1) is 18.4. The van der Waals surface area contributed by atoms with Gasteiger partial charge in [0, 0.05) is 17.1 Å². The minimum Gasteiger partial charge on any atom is -0.349 e. The van der Waals surface area contributed by atoms with Crippen molar-refractivity contribution >= 4 is 40.0 Å². The molecule has 4 rings (SSSR count). The Morgan fingerprint density at radius 3 is 2.50 bits per heavy atom. The van der Waals surface area contributed by atoms with Crippen LogP contribution in [0.1, 0.15) is 44.8 Å². The second kappa shape index (κ2) is 7.24. The van der Waals surface area contributed by atoms with Crippen molar-refractivity contribution in [2.24, 2.45) is 0 Å². The normalized spacial score (nSPS) is 13.4. The maximum atomic E-state index is 12.8. The van der Waals surface area contributed by atoms with Gasteiger partial charge in [0.25, 0.3) is 11.8 Å². The molecule has 3 aromatic rings. The first-order chi connectivity index (χ1) is 13.4. The van der Waals surface area contributed by atoms with Gasteiger partial charge in [-0.15, -0.1) is 0 Å². The molecule has 1 heterocycles. The number of rotatable bonds is 4. The van der Waals surface area contributed by atoms with Crippen LogP contribution in [0.2, 0.25) is 5.02 Å². The molecule has 0 aliphatic heterocycles. The SMILES string of the molecule is Cc1ccc2nc(C)c(C(=O)Nc3ccc(C(=O)NC4CC4)c(Cl)c3)cc2c1. The smallest absolute Gasteiger partial charge is 0.257 e. The van der Waals surface area contributed by atoms with Crippen LogP contribution in [-0.2, 0) is 0 Å². The molecule has 0 spiro atoms. The highest BCUT2D eigenvalue weighted by molar-refractivity contribution is 6.34. The Morgan fingerprint density at radius 1 is 1.00 bits per heavy atom. The standard InChI is InChI=1S/C22H20ClN3O2/c1-12-3-8-20-14(9-12)10-18(13(2)24-20)22(28)26-16-6-7-17(19(23)11-16)21(27)25-15-4-5-15/h3,6-11,15H,4-5H2,1-2H3,(H,25,27)(H,26,28). The topological polar surface area (TPSA) is 71.1 Å². The van der Waals surface area contributed by atoms with Gasteiger partial charge in [0.1, 0.15) is 0 Å². The first-order valence-corrected chi connectivity index (χ1v) is 9.58. The molecule has 2 amide bonds. The third kappa shape index (κ3) is 3.85. The fraction of sp³-hybridized carbons (Fsp3) is 0.227. The number of carbonyl (C=O) groups excluding carboxylic acids is 2. The Kier molecular flexibility index (Phi) is 4.77. The van der Waals surface area contributed by atoms with Crippen molar-refractivity contribution in [1.29, 1.82) is 0 Å². The lowest BCUT2D eigenvalue weighted by atomic mass is 10.1. The number of aryl methyl sites for hydroxylation is 2. The van der Waals surface area contributed by atoms with E-state index in [1.165, 1.54) is 0 Å². The summed E-state index contributed by atoms with van der Waals surface area (Å²) in [6.45, 7) is 3.81. The van der Waals surface area contributed by atoms with Crippen molar-refractivity contribution in [1.82, 2.24) is 10.3 Å². The van der Waals surface area contributed by atoms with Crippen LogP contribution in [0.15, 0.2) is 42.5 Å². The Balaban J connectivity index is 1.56. The van der Waals surface area contributed by atoms with E-state index in [1.54, 1.807) is 18.2 Å². The van der Waals surface area contributed by atoms with Gasteiger partial charge >= 0.3 is 0 Å². The molecule has 1 fully saturated rings. The van der Waals surface area contributed by atoms with Gasteiger partial charge < -0.3 is 10.6 Å². The number of pyridine rings is 1. The van der Waals surface area contributed by atoms with E-state index in [1.807, 2.05) is 38.1 Å². The predicted octanol–water partition coefficient (Wildman–Crippen LogP) is 4.65. The van der Waals surface area contributed by atoms with Crippen molar-refractivity contribution < 1.29 is 9.59 Å². The largest absolute Gasteiger partial charge is 0.349 e. The van der Waals surface area contributed by atoms with Crippen molar-refractivity contribution in [3.63, 3.8) is 0 Å². The first-order valence-electron chi connectivity index (χ1n) is 9.20. The van der Waals surface area contributed by atoms with Gasteiger partial charge in [-0.1, -0.05) is 23.2 Å². The Morgan fingerprint density at radius 2 is 1.79 bits per heavy atom. The van der Waals surface area contributed by atoms with Gasteiger partial charge in [0.15, 0.2) is 0 Å². The zero-order valence-electron chi connectivity index (χ0n) is 15.7. The van der Waals surface area contributed by atoms with Gasteiger partial charge in [0.05, 0.1) is 27.4 Å².